The van der Waals surface area contributed by atoms with Crippen LogP contribution in [-0.4, -0.2) is 29.1 Å². The van der Waals surface area contributed by atoms with Gasteiger partial charge in [-0.1, -0.05) is 35.9 Å². The number of amides is 1. The third-order valence-corrected chi connectivity index (χ3v) is 5.72. The number of carbonyl (C=O) groups is 1. The standard InChI is InChI=1S/C22H21ClN6O/c1-25-17-8-4-6-14(20(17)23)13-5-3-7-16(15(13)11-24)28-22(30)21-27-18-12-26-10-9-19(18)29(21)2/h3-8,25-26H,9-10,12H2,1-2H3,(H,28,30). The molecule has 0 radical (unpaired) electrons. The Morgan fingerprint density at radius 2 is 1.97 bits per heavy atom. The molecule has 2 heterocycles. The number of rotatable bonds is 4. The van der Waals surface area contributed by atoms with E-state index in [2.05, 4.69) is 27.0 Å². The van der Waals surface area contributed by atoms with Crippen molar-refractivity contribution >= 4 is 28.9 Å². The molecule has 0 saturated carbocycles. The van der Waals surface area contributed by atoms with Gasteiger partial charge in [-0.25, -0.2) is 4.98 Å². The lowest BCUT2D eigenvalue weighted by Crippen LogP contribution is -2.24. The van der Waals surface area contributed by atoms with E-state index in [1.165, 1.54) is 0 Å². The van der Waals surface area contributed by atoms with Gasteiger partial charge >= 0.3 is 0 Å². The van der Waals surface area contributed by atoms with Crippen molar-refractivity contribution in [2.24, 2.45) is 7.05 Å². The van der Waals surface area contributed by atoms with Crippen molar-refractivity contribution in [3.63, 3.8) is 0 Å². The average molecular weight is 421 g/mol. The number of nitriles is 1. The minimum absolute atomic E-state index is 0.327. The highest BCUT2D eigenvalue weighted by Gasteiger charge is 2.23. The lowest BCUT2D eigenvalue weighted by Gasteiger charge is -2.14. The molecular weight excluding hydrogens is 400 g/mol. The lowest BCUT2D eigenvalue weighted by atomic mass is 9.98. The van der Waals surface area contributed by atoms with Crippen molar-refractivity contribution in [1.29, 1.82) is 5.26 Å². The van der Waals surface area contributed by atoms with E-state index in [9.17, 15) is 10.1 Å². The Labute approximate surface area is 179 Å². The number of hydrogen-bond donors (Lipinski definition) is 3. The first kappa shape index (κ1) is 20.0. The summed E-state index contributed by atoms with van der Waals surface area (Å²) in [4.78, 5) is 17.5. The molecule has 0 spiro atoms. The molecule has 0 aliphatic carbocycles. The minimum atomic E-state index is -0.351. The normalized spacial score (nSPS) is 12.7. The van der Waals surface area contributed by atoms with Crippen LogP contribution in [0.4, 0.5) is 11.4 Å². The zero-order valence-electron chi connectivity index (χ0n) is 16.7. The van der Waals surface area contributed by atoms with E-state index in [1.54, 1.807) is 19.2 Å². The van der Waals surface area contributed by atoms with Crippen LogP contribution >= 0.6 is 11.6 Å². The smallest absolute Gasteiger partial charge is 0.291 e. The Kier molecular flexibility index (Phi) is 5.44. The van der Waals surface area contributed by atoms with Gasteiger partial charge in [0.05, 0.1) is 27.7 Å². The topological polar surface area (TPSA) is 94.8 Å². The Morgan fingerprint density at radius 1 is 1.23 bits per heavy atom. The number of imidazole rings is 1. The molecule has 0 bridgehead atoms. The molecule has 0 fully saturated rings. The number of nitrogens with one attached hydrogen (secondary N) is 3. The summed E-state index contributed by atoms with van der Waals surface area (Å²) < 4.78 is 1.83. The Bertz CT molecular complexity index is 1180. The van der Waals surface area contributed by atoms with E-state index in [4.69, 9.17) is 11.6 Å². The monoisotopic (exact) mass is 420 g/mol. The second-order valence-corrected chi connectivity index (χ2v) is 7.40. The maximum Gasteiger partial charge on any atom is 0.291 e. The summed E-state index contributed by atoms with van der Waals surface area (Å²) in [6.45, 7) is 1.51. The van der Waals surface area contributed by atoms with Crippen molar-refractivity contribution in [2.75, 3.05) is 24.2 Å². The van der Waals surface area contributed by atoms with Gasteiger partial charge in [0.15, 0.2) is 5.82 Å². The third-order valence-electron chi connectivity index (χ3n) is 5.31. The highest BCUT2D eigenvalue weighted by atomic mass is 35.5. The van der Waals surface area contributed by atoms with Crippen LogP contribution in [-0.2, 0) is 20.0 Å². The second kappa shape index (κ2) is 8.19. The third kappa shape index (κ3) is 3.41. The van der Waals surface area contributed by atoms with E-state index in [0.717, 1.165) is 35.6 Å². The van der Waals surface area contributed by atoms with Crippen LogP contribution in [0, 0.1) is 11.3 Å². The fraction of sp³-hybridized carbons (Fsp3) is 0.227. The Hall–Kier alpha value is -3.34. The van der Waals surface area contributed by atoms with E-state index in [-0.39, 0.29) is 5.91 Å². The van der Waals surface area contributed by atoms with Gasteiger partial charge in [0.25, 0.3) is 5.91 Å². The highest BCUT2D eigenvalue weighted by molar-refractivity contribution is 6.36. The van der Waals surface area contributed by atoms with Crippen LogP contribution in [0.25, 0.3) is 11.1 Å². The second-order valence-electron chi connectivity index (χ2n) is 7.03. The summed E-state index contributed by atoms with van der Waals surface area (Å²) >= 11 is 6.53. The molecule has 3 aromatic rings. The van der Waals surface area contributed by atoms with Gasteiger partial charge in [-0.05, 0) is 12.1 Å². The molecule has 0 saturated heterocycles. The van der Waals surface area contributed by atoms with Crippen molar-refractivity contribution in [3.8, 4) is 17.2 Å². The Morgan fingerprint density at radius 3 is 2.67 bits per heavy atom. The first-order valence-electron chi connectivity index (χ1n) is 9.61. The Balaban J connectivity index is 1.72. The first-order chi connectivity index (χ1) is 14.5. The van der Waals surface area contributed by atoms with Gasteiger partial charge in [0.1, 0.15) is 6.07 Å². The molecule has 1 aliphatic rings. The van der Waals surface area contributed by atoms with Gasteiger partial charge in [0.2, 0.25) is 0 Å². The number of benzene rings is 2. The molecule has 30 heavy (non-hydrogen) atoms. The van der Waals surface area contributed by atoms with Gasteiger partial charge in [-0.15, -0.1) is 0 Å². The number of fused-ring (bicyclic) bond motifs is 1. The van der Waals surface area contributed by atoms with E-state index >= 15 is 0 Å². The summed E-state index contributed by atoms with van der Waals surface area (Å²) in [6, 6.07) is 13.1. The van der Waals surface area contributed by atoms with Crippen LogP contribution in [0.3, 0.4) is 0 Å². The predicted octanol–water partition coefficient (Wildman–Crippen LogP) is 3.55. The largest absolute Gasteiger partial charge is 0.387 e. The molecular formula is C22H21ClN6O. The molecule has 1 aromatic heterocycles. The van der Waals surface area contributed by atoms with Crippen LogP contribution in [0.1, 0.15) is 27.6 Å². The molecule has 4 rings (SSSR count). The molecule has 8 heteroatoms. The van der Waals surface area contributed by atoms with Crippen molar-refractivity contribution in [2.45, 2.75) is 13.0 Å². The number of halogens is 1. The summed E-state index contributed by atoms with van der Waals surface area (Å²) in [6.07, 6.45) is 0.825. The van der Waals surface area contributed by atoms with E-state index in [0.29, 0.717) is 34.2 Å². The summed E-state index contributed by atoms with van der Waals surface area (Å²) in [5.41, 5.74) is 4.85. The van der Waals surface area contributed by atoms with Crippen molar-refractivity contribution in [3.05, 3.63) is 64.2 Å². The molecule has 3 N–H and O–H groups in total. The van der Waals surface area contributed by atoms with Gasteiger partial charge in [0, 0.05) is 50.4 Å². The summed E-state index contributed by atoms with van der Waals surface area (Å²) in [7, 11) is 3.63. The van der Waals surface area contributed by atoms with Gasteiger partial charge < -0.3 is 20.5 Å². The highest BCUT2D eigenvalue weighted by Crippen LogP contribution is 2.37. The van der Waals surface area contributed by atoms with Crippen LogP contribution in [0.15, 0.2) is 36.4 Å². The molecule has 7 nitrogen and oxygen atoms in total. The number of nitrogens with zero attached hydrogens (tertiary/aromatic N) is 3. The lowest BCUT2D eigenvalue weighted by molar-refractivity contribution is 0.101. The molecule has 0 unspecified atom stereocenters. The molecule has 2 aromatic carbocycles. The minimum Gasteiger partial charge on any atom is -0.387 e. The maximum atomic E-state index is 13.0. The van der Waals surface area contributed by atoms with Crippen LogP contribution < -0.4 is 16.0 Å². The first-order valence-corrected chi connectivity index (χ1v) is 9.99. The van der Waals surface area contributed by atoms with Crippen LogP contribution in [0.5, 0.6) is 0 Å². The molecule has 152 valence electrons. The quantitative estimate of drug-likeness (QED) is 0.600. The van der Waals surface area contributed by atoms with Gasteiger partial charge in [-0.2, -0.15) is 5.26 Å². The predicted molar refractivity (Wildman–Crippen MR) is 118 cm³/mol. The number of hydrogen-bond acceptors (Lipinski definition) is 5. The van der Waals surface area contributed by atoms with Gasteiger partial charge in [-0.3, -0.25) is 4.79 Å². The number of carbonyl (C=O) groups excluding carboxylic acids is 1. The van der Waals surface area contributed by atoms with Crippen LogP contribution in [0.2, 0.25) is 5.02 Å². The van der Waals surface area contributed by atoms with Crippen molar-refractivity contribution in [1.82, 2.24) is 14.9 Å². The maximum absolute atomic E-state index is 13.0. The molecule has 1 amide bonds. The number of aromatic nitrogens is 2. The average Bonchev–Trinajstić information content (AvgIpc) is 3.11. The number of anilines is 2. The fourth-order valence-corrected chi connectivity index (χ4v) is 4.09. The zero-order valence-corrected chi connectivity index (χ0v) is 17.5. The van der Waals surface area contributed by atoms with E-state index < -0.39 is 0 Å². The molecule has 1 aliphatic heterocycles. The SMILES string of the molecule is CNc1cccc(-c2cccc(NC(=O)c3nc4c(n3C)CCNC4)c2C#N)c1Cl. The summed E-state index contributed by atoms with van der Waals surface area (Å²) in [5, 5.41) is 19.5. The molecule has 0 atom stereocenters. The zero-order chi connectivity index (χ0) is 21.3. The van der Waals surface area contributed by atoms with Crippen molar-refractivity contribution < 1.29 is 4.79 Å². The summed E-state index contributed by atoms with van der Waals surface area (Å²) in [5.74, 6) is -0.0242. The van der Waals surface area contributed by atoms with E-state index in [1.807, 2.05) is 35.9 Å². The fourth-order valence-electron chi connectivity index (χ4n) is 3.77.